The summed E-state index contributed by atoms with van der Waals surface area (Å²) in [4.78, 5) is 27.3. The van der Waals surface area contributed by atoms with Crippen LogP contribution in [0.1, 0.15) is 30.2 Å². The molecule has 2 atom stereocenters. The molecule has 0 aliphatic carbocycles. The van der Waals surface area contributed by atoms with Gasteiger partial charge in [0.2, 0.25) is 5.91 Å². The third-order valence-corrected chi connectivity index (χ3v) is 5.28. The molecule has 3 rings (SSSR count). The van der Waals surface area contributed by atoms with Gasteiger partial charge < -0.3 is 9.64 Å². The van der Waals surface area contributed by atoms with Gasteiger partial charge in [0.05, 0.1) is 18.6 Å². The van der Waals surface area contributed by atoms with E-state index in [0.717, 1.165) is 17.8 Å². The van der Waals surface area contributed by atoms with E-state index in [-0.39, 0.29) is 23.8 Å². The number of esters is 1. The van der Waals surface area contributed by atoms with Crippen molar-refractivity contribution >= 4 is 23.2 Å². The average Bonchev–Trinajstić information content (AvgIpc) is 3.27. The predicted octanol–water partition coefficient (Wildman–Crippen LogP) is 2.49. The molecule has 128 valence electrons. The molecule has 0 bridgehead atoms. The first kappa shape index (κ1) is 16.7. The Morgan fingerprint density at radius 2 is 2.33 bits per heavy atom. The number of nitrogens with zero attached hydrogens (tertiary/aromatic N) is 3. The van der Waals surface area contributed by atoms with Crippen LogP contribution in [-0.4, -0.2) is 40.2 Å². The number of aromatic nitrogens is 2. The van der Waals surface area contributed by atoms with E-state index >= 15 is 0 Å². The molecule has 24 heavy (non-hydrogen) atoms. The number of thiophene rings is 1. The molecule has 0 unspecified atom stereocenters. The van der Waals surface area contributed by atoms with Crippen molar-refractivity contribution in [2.45, 2.75) is 31.8 Å². The minimum Gasteiger partial charge on any atom is -0.465 e. The van der Waals surface area contributed by atoms with E-state index in [1.807, 2.05) is 34.5 Å². The first-order valence-corrected chi connectivity index (χ1v) is 8.98. The summed E-state index contributed by atoms with van der Waals surface area (Å²) >= 11 is 1.57. The summed E-state index contributed by atoms with van der Waals surface area (Å²) < 4.78 is 7.29. The molecule has 1 saturated heterocycles. The lowest BCUT2D eigenvalue weighted by atomic mass is 9.88. The lowest BCUT2D eigenvalue weighted by molar-refractivity contribution is -0.156. The van der Waals surface area contributed by atoms with Crippen LogP contribution in [0.15, 0.2) is 36.0 Å². The Morgan fingerprint density at radius 1 is 1.46 bits per heavy atom. The highest BCUT2D eigenvalue weighted by Crippen LogP contribution is 2.38. The Balaban J connectivity index is 1.58. The molecular weight excluding hydrogens is 326 g/mol. The Bertz CT molecular complexity index is 669. The van der Waals surface area contributed by atoms with Crippen molar-refractivity contribution in [2.75, 3.05) is 13.7 Å². The molecule has 2 aromatic rings. The average molecular weight is 347 g/mol. The summed E-state index contributed by atoms with van der Waals surface area (Å²) in [7, 11) is 1.77. The monoisotopic (exact) mass is 347 g/mol. The number of hydrogen-bond acceptors (Lipinski definition) is 5. The van der Waals surface area contributed by atoms with Crippen LogP contribution >= 0.6 is 11.3 Å². The number of hydrogen-bond donors (Lipinski definition) is 0. The number of ether oxygens (including phenoxy) is 1. The molecule has 7 heteroatoms. The zero-order valence-corrected chi connectivity index (χ0v) is 14.4. The van der Waals surface area contributed by atoms with Crippen molar-refractivity contribution < 1.29 is 14.3 Å². The molecule has 0 aromatic carbocycles. The number of likely N-dealkylation sites (tertiary alicyclic amines) is 1. The van der Waals surface area contributed by atoms with Crippen LogP contribution in [-0.2, 0) is 20.9 Å². The molecule has 0 N–H and O–H groups in total. The Labute approximate surface area is 145 Å². The molecule has 1 amide bonds. The third-order valence-electron chi connectivity index (χ3n) is 4.33. The van der Waals surface area contributed by atoms with Gasteiger partial charge in [-0.15, -0.1) is 11.3 Å². The number of rotatable bonds is 6. The highest BCUT2D eigenvalue weighted by molar-refractivity contribution is 7.10. The van der Waals surface area contributed by atoms with E-state index in [1.54, 1.807) is 29.5 Å². The number of piperidine rings is 1. The highest BCUT2D eigenvalue weighted by atomic mass is 32.1. The predicted molar refractivity (Wildman–Crippen MR) is 90.4 cm³/mol. The van der Waals surface area contributed by atoms with Crippen LogP contribution in [0.2, 0.25) is 0 Å². The minimum absolute atomic E-state index is 0.0798. The summed E-state index contributed by atoms with van der Waals surface area (Å²) in [5.74, 6) is -0.430. The normalized spacial score (nSPS) is 21.0. The van der Waals surface area contributed by atoms with E-state index < -0.39 is 0 Å². The molecule has 2 aromatic heterocycles. The van der Waals surface area contributed by atoms with E-state index in [2.05, 4.69) is 5.10 Å². The first-order valence-electron chi connectivity index (χ1n) is 8.10. The molecule has 1 aliphatic rings. The van der Waals surface area contributed by atoms with Gasteiger partial charge in [-0.3, -0.25) is 14.3 Å². The molecule has 1 aliphatic heterocycles. The third kappa shape index (κ3) is 3.67. The number of carbonyl (C=O) groups excluding carboxylic acids is 2. The summed E-state index contributed by atoms with van der Waals surface area (Å²) in [5.41, 5.74) is 0. The van der Waals surface area contributed by atoms with Gasteiger partial charge in [0.1, 0.15) is 0 Å². The maximum atomic E-state index is 12.5. The maximum absolute atomic E-state index is 12.5. The molecule has 0 radical (unpaired) electrons. The largest absolute Gasteiger partial charge is 0.465 e. The number of amides is 1. The molecule has 1 fully saturated rings. The van der Waals surface area contributed by atoms with Crippen LogP contribution in [0.25, 0.3) is 0 Å². The van der Waals surface area contributed by atoms with Crippen molar-refractivity contribution in [1.29, 1.82) is 0 Å². The van der Waals surface area contributed by atoms with Gasteiger partial charge in [0, 0.05) is 43.7 Å². The summed E-state index contributed by atoms with van der Waals surface area (Å²) in [6.45, 7) is 1.09. The van der Waals surface area contributed by atoms with Gasteiger partial charge in [-0.05, 0) is 23.9 Å². The van der Waals surface area contributed by atoms with Crippen LogP contribution in [0.5, 0.6) is 0 Å². The molecule has 3 heterocycles. The van der Waals surface area contributed by atoms with Gasteiger partial charge >= 0.3 is 5.97 Å². The van der Waals surface area contributed by atoms with Gasteiger partial charge in [-0.1, -0.05) is 6.07 Å². The first-order chi connectivity index (χ1) is 11.7. The lowest BCUT2D eigenvalue weighted by Gasteiger charge is -2.37. The molecule has 6 nitrogen and oxygen atoms in total. The van der Waals surface area contributed by atoms with Crippen molar-refractivity contribution in [3.63, 3.8) is 0 Å². The van der Waals surface area contributed by atoms with E-state index in [1.165, 1.54) is 0 Å². The zero-order chi connectivity index (χ0) is 16.9. The topological polar surface area (TPSA) is 64.4 Å². The van der Waals surface area contributed by atoms with Gasteiger partial charge in [0.25, 0.3) is 0 Å². The maximum Gasteiger partial charge on any atom is 0.311 e. The smallest absolute Gasteiger partial charge is 0.311 e. The summed E-state index contributed by atoms with van der Waals surface area (Å²) in [6.07, 6.45) is 5.27. The van der Waals surface area contributed by atoms with Crippen molar-refractivity contribution in [3.8, 4) is 0 Å². The number of aryl methyl sites for hydroxylation is 1. The van der Waals surface area contributed by atoms with Gasteiger partial charge in [-0.2, -0.15) is 5.10 Å². The zero-order valence-electron chi connectivity index (χ0n) is 13.6. The molecule has 0 saturated carbocycles. The summed E-state index contributed by atoms with van der Waals surface area (Å²) in [6, 6.07) is 5.57. The summed E-state index contributed by atoms with van der Waals surface area (Å²) in [5, 5.41) is 6.09. The van der Waals surface area contributed by atoms with E-state index in [9.17, 15) is 9.59 Å². The van der Waals surface area contributed by atoms with Crippen molar-refractivity contribution in [3.05, 3.63) is 40.8 Å². The van der Waals surface area contributed by atoms with Gasteiger partial charge in [-0.25, -0.2) is 0 Å². The van der Waals surface area contributed by atoms with Gasteiger partial charge in [0.15, 0.2) is 0 Å². The standard InChI is InChI=1S/C17H21N3O3S/c1-19-15(21)7-6-13(16(19)14-5-2-12-24-14)17(22)23-11-4-10-20-9-3-8-18-20/h2-3,5,8-9,12-13,16H,4,6-7,10-11H2,1H3/t13-,16-/m0/s1. The fourth-order valence-electron chi connectivity index (χ4n) is 3.07. The second kappa shape index (κ2) is 7.61. The van der Waals surface area contributed by atoms with Crippen molar-refractivity contribution in [2.24, 2.45) is 5.92 Å². The van der Waals surface area contributed by atoms with E-state index in [4.69, 9.17) is 4.74 Å². The Hall–Kier alpha value is -2.15. The fourth-order valence-corrected chi connectivity index (χ4v) is 4.01. The van der Waals surface area contributed by atoms with Crippen LogP contribution < -0.4 is 0 Å². The highest BCUT2D eigenvalue weighted by Gasteiger charge is 2.40. The fraction of sp³-hybridized carbons (Fsp3) is 0.471. The van der Waals surface area contributed by atoms with Crippen LogP contribution in [0, 0.1) is 5.92 Å². The van der Waals surface area contributed by atoms with Crippen LogP contribution in [0.4, 0.5) is 0 Å². The molecule has 0 spiro atoms. The Kier molecular flexibility index (Phi) is 5.30. The second-order valence-electron chi connectivity index (χ2n) is 5.90. The second-order valence-corrected chi connectivity index (χ2v) is 6.88. The SMILES string of the molecule is CN1C(=O)CC[C@H](C(=O)OCCCn2cccn2)[C@H]1c1cccs1. The van der Waals surface area contributed by atoms with Crippen LogP contribution in [0.3, 0.4) is 0 Å². The van der Waals surface area contributed by atoms with E-state index in [0.29, 0.717) is 19.4 Å². The van der Waals surface area contributed by atoms with Crippen molar-refractivity contribution in [1.82, 2.24) is 14.7 Å². The Morgan fingerprint density at radius 3 is 3.04 bits per heavy atom. The lowest BCUT2D eigenvalue weighted by Crippen LogP contribution is -2.43. The number of carbonyl (C=O) groups is 2. The quantitative estimate of drug-likeness (QED) is 0.595. The minimum atomic E-state index is -0.295. The molecular formula is C17H21N3O3S.